The molecule has 27 heavy (non-hydrogen) atoms. The Morgan fingerprint density at radius 1 is 1.15 bits per heavy atom. The van der Waals surface area contributed by atoms with Crippen molar-refractivity contribution in [1.82, 2.24) is 20.1 Å². The highest BCUT2D eigenvalue weighted by Gasteiger charge is 2.30. The van der Waals surface area contributed by atoms with Gasteiger partial charge >= 0.3 is 0 Å². The van der Waals surface area contributed by atoms with Crippen molar-refractivity contribution in [3.8, 4) is 0 Å². The van der Waals surface area contributed by atoms with Crippen molar-refractivity contribution in [2.75, 3.05) is 32.7 Å². The summed E-state index contributed by atoms with van der Waals surface area (Å²) in [6.07, 6.45) is 2.20. The Labute approximate surface area is 160 Å². The average Bonchev–Trinajstić information content (AvgIpc) is 3.37. The van der Waals surface area contributed by atoms with E-state index in [0.29, 0.717) is 23.8 Å². The van der Waals surface area contributed by atoms with Crippen LogP contribution in [0.5, 0.6) is 0 Å². The lowest BCUT2D eigenvalue weighted by Crippen LogP contribution is -2.53. The number of hydrogen-bond acceptors (Lipinski definition) is 5. The van der Waals surface area contributed by atoms with Gasteiger partial charge in [0.25, 0.3) is 0 Å². The van der Waals surface area contributed by atoms with Crippen LogP contribution in [-0.2, 0) is 4.79 Å². The van der Waals surface area contributed by atoms with Gasteiger partial charge in [-0.25, -0.2) is 0 Å². The largest absolute Gasteiger partial charge is 0.355 e. The standard InChI is InChI=1S/C20H30N4O3/c1-12-18(15(4)25)13(2)21-19(12)20(27)14(3)24-9-7-23(8-10-24)11-17(26)22-16-5-6-16/h14,16,21H,5-11H2,1-4H3,(H,22,26)/t14-/m0/s1. The van der Waals surface area contributed by atoms with Crippen molar-refractivity contribution in [3.05, 3.63) is 22.5 Å². The van der Waals surface area contributed by atoms with Crippen LogP contribution in [0.1, 0.15) is 58.8 Å². The van der Waals surface area contributed by atoms with Crippen LogP contribution in [0.4, 0.5) is 0 Å². The molecule has 1 saturated heterocycles. The molecule has 1 amide bonds. The minimum absolute atomic E-state index is 0.0167. The molecule has 2 N–H and O–H groups in total. The van der Waals surface area contributed by atoms with Gasteiger partial charge in [0.15, 0.2) is 11.6 Å². The summed E-state index contributed by atoms with van der Waals surface area (Å²) in [5.74, 6) is 0.0957. The first-order chi connectivity index (χ1) is 12.8. The zero-order chi connectivity index (χ0) is 19.7. The lowest BCUT2D eigenvalue weighted by atomic mass is 10.0. The SMILES string of the molecule is CC(=O)c1c(C)[nH]c(C(=O)[C@H](C)N2CCN(CC(=O)NC3CC3)CC2)c1C. The predicted octanol–water partition coefficient (Wildman–Crippen LogP) is 1.30. The van der Waals surface area contributed by atoms with Gasteiger partial charge in [-0.2, -0.15) is 0 Å². The predicted molar refractivity (Wildman–Crippen MR) is 103 cm³/mol. The van der Waals surface area contributed by atoms with Crippen molar-refractivity contribution in [3.63, 3.8) is 0 Å². The van der Waals surface area contributed by atoms with Crippen LogP contribution < -0.4 is 5.32 Å². The molecule has 2 heterocycles. The van der Waals surface area contributed by atoms with E-state index in [-0.39, 0.29) is 23.5 Å². The van der Waals surface area contributed by atoms with E-state index in [1.54, 1.807) is 0 Å². The topological polar surface area (TPSA) is 85.5 Å². The third kappa shape index (κ3) is 4.47. The third-order valence-corrected chi connectivity index (χ3v) is 5.68. The van der Waals surface area contributed by atoms with Gasteiger partial charge in [-0.1, -0.05) is 0 Å². The average molecular weight is 374 g/mol. The van der Waals surface area contributed by atoms with Gasteiger partial charge in [0.1, 0.15) is 0 Å². The molecule has 0 spiro atoms. The summed E-state index contributed by atoms with van der Waals surface area (Å²) in [6.45, 7) is 10.6. The maximum atomic E-state index is 13.0. The molecule has 1 saturated carbocycles. The van der Waals surface area contributed by atoms with Crippen molar-refractivity contribution in [2.24, 2.45) is 0 Å². The smallest absolute Gasteiger partial charge is 0.234 e. The van der Waals surface area contributed by atoms with E-state index in [2.05, 4.69) is 20.1 Å². The number of aryl methyl sites for hydroxylation is 1. The Morgan fingerprint density at radius 3 is 2.30 bits per heavy atom. The highest BCUT2D eigenvalue weighted by molar-refractivity contribution is 6.05. The van der Waals surface area contributed by atoms with Crippen LogP contribution in [0.25, 0.3) is 0 Å². The number of piperazine rings is 1. The van der Waals surface area contributed by atoms with E-state index in [4.69, 9.17) is 0 Å². The molecule has 3 rings (SSSR count). The third-order valence-electron chi connectivity index (χ3n) is 5.68. The molecule has 1 aromatic rings. The van der Waals surface area contributed by atoms with Gasteiger partial charge in [-0.15, -0.1) is 0 Å². The summed E-state index contributed by atoms with van der Waals surface area (Å²) < 4.78 is 0. The van der Waals surface area contributed by atoms with Crippen molar-refractivity contribution < 1.29 is 14.4 Å². The fourth-order valence-electron chi connectivity index (χ4n) is 3.91. The van der Waals surface area contributed by atoms with Crippen LogP contribution in [0.3, 0.4) is 0 Å². The second kappa shape index (κ2) is 7.94. The summed E-state index contributed by atoms with van der Waals surface area (Å²) in [7, 11) is 0. The second-order valence-corrected chi connectivity index (χ2v) is 7.88. The fourth-order valence-corrected chi connectivity index (χ4v) is 3.91. The monoisotopic (exact) mass is 374 g/mol. The van der Waals surface area contributed by atoms with Gasteiger partial charge in [0.05, 0.1) is 18.3 Å². The summed E-state index contributed by atoms with van der Waals surface area (Å²) in [5.41, 5.74) is 2.66. The van der Waals surface area contributed by atoms with Crippen LogP contribution in [-0.4, -0.2) is 77.1 Å². The zero-order valence-corrected chi connectivity index (χ0v) is 16.7. The minimum atomic E-state index is -0.260. The Morgan fingerprint density at radius 2 is 1.78 bits per heavy atom. The Kier molecular flexibility index (Phi) is 5.81. The molecule has 0 bridgehead atoms. The zero-order valence-electron chi connectivity index (χ0n) is 16.7. The fraction of sp³-hybridized carbons (Fsp3) is 0.650. The summed E-state index contributed by atoms with van der Waals surface area (Å²) in [5, 5.41) is 3.02. The molecule has 1 atom stereocenters. The Balaban J connectivity index is 1.56. The quantitative estimate of drug-likeness (QED) is 0.703. The van der Waals surface area contributed by atoms with E-state index >= 15 is 0 Å². The summed E-state index contributed by atoms with van der Waals surface area (Å²) in [6, 6.07) is 0.132. The minimum Gasteiger partial charge on any atom is -0.355 e. The van der Waals surface area contributed by atoms with E-state index in [1.807, 2.05) is 20.8 Å². The van der Waals surface area contributed by atoms with Gasteiger partial charge in [0, 0.05) is 43.5 Å². The molecule has 2 aliphatic rings. The number of nitrogens with one attached hydrogen (secondary N) is 2. The van der Waals surface area contributed by atoms with E-state index in [9.17, 15) is 14.4 Å². The maximum absolute atomic E-state index is 13.0. The summed E-state index contributed by atoms with van der Waals surface area (Å²) >= 11 is 0. The molecule has 7 nitrogen and oxygen atoms in total. The number of H-pyrrole nitrogens is 1. The van der Waals surface area contributed by atoms with Gasteiger partial charge in [-0.05, 0) is 46.1 Å². The molecular formula is C20H30N4O3. The number of hydrogen-bond donors (Lipinski definition) is 2. The van der Waals surface area contributed by atoms with Gasteiger partial charge < -0.3 is 10.3 Å². The first-order valence-corrected chi connectivity index (χ1v) is 9.78. The maximum Gasteiger partial charge on any atom is 0.234 e. The number of rotatable bonds is 7. The van der Waals surface area contributed by atoms with E-state index in [1.165, 1.54) is 6.92 Å². The first kappa shape index (κ1) is 19.8. The highest BCUT2D eigenvalue weighted by Crippen LogP contribution is 2.21. The normalized spacial score (nSPS) is 19.7. The molecule has 1 aliphatic carbocycles. The van der Waals surface area contributed by atoms with E-state index < -0.39 is 0 Å². The van der Waals surface area contributed by atoms with Crippen molar-refractivity contribution >= 4 is 17.5 Å². The second-order valence-electron chi connectivity index (χ2n) is 7.88. The molecule has 148 valence electrons. The number of carbonyl (C=O) groups excluding carboxylic acids is 3. The number of aromatic amines is 1. The molecule has 0 unspecified atom stereocenters. The Bertz CT molecular complexity index is 743. The van der Waals surface area contributed by atoms with Gasteiger partial charge in [-0.3, -0.25) is 24.2 Å². The number of amides is 1. The van der Waals surface area contributed by atoms with Crippen LogP contribution >= 0.6 is 0 Å². The van der Waals surface area contributed by atoms with Crippen molar-refractivity contribution in [1.29, 1.82) is 0 Å². The highest BCUT2D eigenvalue weighted by atomic mass is 16.2. The number of aromatic nitrogens is 1. The number of carbonyl (C=O) groups is 3. The summed E-state index contributed by atoms with van der Waals surface area (Å²) in [4.78, 5) is 44.1. The lowest BCUT2D eigenvalue weighted by Gasteiger charge is -2.37. The molecule has 7 heteroatoms. The van der Waals surface area contributed by atoms with Crippen LogP contribution in [0.15, 0.2) is 0 Å². The van der Waals surface area contributed by atoms with Crippen LogP contribution in [0, 0.1) is 13.8 Å². The van der Waals surface area contributed by atoms with E-state index in [0.717, 1.165) is 50.3 Å². The van der Waals surface area contributed by atoms with Crippen LogP contribution in [0.2, 0.25) is 0 Å². The molecular weight excluding hydrogens is 344 g/mol. The number of Topliss-reactive ketones (excluding diaryl/α,β-unsaturated/α-hetero) is 2. The molecule has 1 aliphatic heterocycles. The van der Waals surface area contributed by atoms with Crippen molar-refractivity contribution in [2.45, 2.75) is 52.6 Å². The van der Waals surface area contributed by atoms with Gasteiger partial charge in [0.2, 0.25) is 5.91 Å². The molecule has 2 fully saturated rings. The Hall–Kier alpha value is -1.99. The number of nitrogens with zero attached hydrogens (tertiary/aromatic N) is 2. The molecule has 0 aromatic carbocycles. The first-order valence-electron chi connectivity index (χ1n) is 9.78. The molecule has 0 radical (unpaired) electrons. The lowest BCUT2D eigenvalue weighted by molar-refractivity contribution is -0.122. The molecule has 1 aromatic heterocycles. The number of ketones is 2.